The fraction of sp³-hybridized carbons (Fsp3) is 0.667. The predicted molar refractivity (Wildman–Crippen MR) is 98.3 cm³/mol. The van der Waals surface area contributed by atoms with Crippen LogP contribution in [0.4, 0.5) is 0 Å². The molecule has 3 heterocycles. The van der Waals surface area contributed by atoms with E-state index < -0.39 is 0 Å². The van der Waals surface area contributed by atoms with Crippen molar-refractivity contribution in [3.05, 3.63) is 23.8 Å². The molecule has 1 aliphatic rings. The number of ketones is 1. The zero-order valence-corrected chi connectivity index (χ0v) is 15.9. The molecule has 1 fully saturated rings. The molecular weight excluding hydrogens is 346 g/mol. The van der Waals surface area contributed by atoms with Crippen molar-refractivity contribution in [3.63, 3.8) is 0 Å². The molecule has 146 valence electrons. The standard InChI is InChI=1S/C18H27N7O2/c1-3-4-15(12(2)26)16(17-22-24-25-23-17)9-13-10-20-18(21-11-13)27-14-5-7-19-8-6-14/h10-11,14-16,19H,3-9H2,1-2H3,(H,22,23,24,25)/t15-,16+/m1/s1. The summed E-state index contributed by atoms with van der Waals surface area (Å²) >= 11 is 0. The Bertz CT molecular complexity index is 699. The summed E-state index contributed by atoms with van der Waals surface area (Å²) in [5.41, 5.74) is 0.927. The number of ether oxygens (including phenoxy) is 1. The van der Waals surface area contributed by atoms with Gasteiger partial charge in [-0.2, -0.15) is 0 Å². The maximum Gasteiger partial charge on any atom is 0.316 e. The van der Waals surface area contributed by atoms with E-state index in [-0.39, 0.29) is 23.7 Å². The summed E-state index contributed by atoms with van der Waals surface area (Å²) in [5, 5.41) is 17.5. The number of rotatable bonds is 9. The minimum Gasteiger partial charge on any atom is -0.460 e. The molecule has 3 rings (SSSR count). The van der Waals surface area contributed by atoms with Crippen LogP contribution in [-0.2, 0) is 11.2 Å². The van der Waals surface area contributed by atoms with Crippen molar-refractivity contribution in [2.75, 3.05) is 13.1 Å². The van der Waals surface area contributed by atoms with Crippen molar-refractivity contribution in [1.29, 1.82) is 0 Å². The van der Waals surface area contributed by atoms with Gasteiger partial charge in [-0.05, 0) is 61.7 Å². The van der Waals surface area contributed by atoms with Crippen molar-refractivity contribution in [2.24, 2.45) is 5.92 Å². The van der Waals surface area contributed by atoms with Crippen LogP contribution in [0.2, 0.25) is 0 Å². The zero-order chi connectivity index (χ0) is 19.1. The van der Waals surface area contributed by atoms with Crippen LogP contribution in [0.15, 0.2) is 12.4 Å². The molecule has 2 aromatic heterocycles. The van der Waals surface area contributed by atoms with Gasteiger partial charge in [0, 0.05) is 24.2 Å². The number of nitrogens with one attached hydrogen (secondary N) is 2. The van der Waals surface area contributed by atoms with Crippen LogP contribution in [0.5, 0.6) is 6.01 Å². The van der Waals surface area contributed by atoms with Crippen LogP contribution >= 0.6 is 0 Å². The Morgan fingerprint density at radius 3 is 2.63 bits per heavy atom. The van der Waals surface area contributed by atoms with E-state index in [9.17, 15) is 4.79 Å². The molecule has 2 N–H and O–H groups in total. The summed E-state index contributed by atoms with van der Waals surface area (Å²) in [7, 11) is 0. The third-order valence-electron chi connectivity index (χ3n) is 5.02. The van der Waals surface area contributed by atoms with Gasteiger partial charge in [-0.3, -0.25) is 4.79 Å². The molecule has 0 saturated carbocycles. The Kier molecular flexibility index (Phi) is 6.80. The maximum atomic E-state index is 12.2. The predicted octanol–water partition coefficient (Wildman–Crippen LogP) is 1.45. The first-order valence-electron chi connectivity index (χ1n) is 9.59. The number of aromatic nitrogens is 6. The summed E-state index contributed by atoms with van der Waals surface area (Å²) in [6.45, 7) is 5.62. The van der Waals surface area contributed by atoms with Gasteiger partial charge in [-0.1, -0.05) is 13.3 Å². The number of piperidine rings is 1. The molecule has 9 nitrogen and oxygen atoms in total. The van der Waals surface area contributed by atoms with Gasteiger partial charge >= 0.3 is 6.01 Å². The third-order valence-corrected chi connectivity index (χ3v) is 5.02. The second-order valence-electron chi connectivity index (χ2n) is 7.04. The lowest BCUT2D eigenvalue weighted by atomic mass is 9.81. The van der Waals surface area contributed by atoms with Gasteiger partial charge in [0.05, 0.1) is 0 Å². The Balaban J connectivity index is 1.70. The Hall–Kier alpha value is -2.42. The lowest BCUT2D eigenvalue weighted by Gasteiger charge is -2.23. The molecule has 0 amide bonds. The monoisotopic (exact) mass is 373 g/mol. The Morgan fingerprint density at radius 1 is 1.30 bits per heavy atom. The molecule has 0 bridgehead atoms. The number of hydrogen-bond donors (Lipinski definition) is 2. The quantitative estimate of drug-likeness (QED) is 0.678. The Labute approximate surface area is 158 Å². The van der Waals surface area contributed by atoms with E-state index in [1.807, 2.05) is 0 Å². The molecule has 1 aliphatic heterocycles. The summed E-state index contributed by atoms with van der Waals surface area (Å²) < 4.78 is 5.86. The molecule has 2 atom stereocenters. The molecule has 0 aliphatic carbocycles. The molecule has 2 aromatic rings. The van der Waals surface area contributed by atoms with Gasteiger partial charge in [-0.25, -0.2) is 15.1 Å². The van der Waals surface area contributed by atoms with Crippen LogP contribution in [-0.4, -0.2) is 55.6 Å². The van der Waals surface area contributed by atoms with Gasteiger partial charge < -0.3 is 10.1 Å². The smallest absolute Gasteiger partial charge is 0.316 e. The first kappa shape index (κ1) is 19.3. The van der Waals surface area contributed by atoms with E-state index in [1.165, 1.54) is 0 Å². The van der Waals surface area contributed by atoms with Crippen LogP contribution in [0.1, 0.15) is 56.8 Å². The van der Waals surface area contributed by atoms with Gasteiger partial charge in [0.2, 0.25) is 0 Å². The van der Waals surface area contributed by atoms with Crippen LogP contribution in [0.3, 0.4) is 0 Å². The normalized spacial score (nSPS) is 17.4. The summed E-state index contributed by atoms with van der Waals surface area (Å²) in [6, 6.07) is 0.403. The molecule has 9 heteroatoms. The number of tetrazole rings is 1. The minimum atomic E-state index is -0.143. The highest BCUT2D eigenvalue weighted by Gasteiger charge is 2.29. The number of carbonyl (C=O) groups excluding carboxylic acids is 1. The average molecular weight is 373 g/mol. The van der Waals surface area contributed by atoms with E-state index in [4.69, 9.17) is 4.74 Å². The molecule has 0 radical (unpaired) electrons. The summed E-state index contributed by atoms with van der Waals surface area (Å²) in [4.78, 5) is 20.9. The number of aromatic amines is 1. The second kappa shape index (κ2) is 9.50. The Morgan fingerprint density at radius 2 is 2.04 bits per heavy atom. The van der Waals surface area contributed by atoms with Crippen molar-refractivity contribution < 1.29 is 9.53 Å². The van der Waals surface area contributed by atoms with E-state index >= 15 is 0 Å². The number of Topliss-reactive ketones (excluding diaryl/α,β-unsaturated/α-hetero) is 1. The number of nitrogens with zero attached hydrogens (tertiary/aromatic N) is 5. The number of H-pyrrole nitrogens is 1. The molecule has 27 heavy (non-hydrogen) atoms. The first-order chi connectivity index (χ1) is 13.2. The lowest BCUT2D eigenvalue weighted by Crippen LogP contribution is -2.34. The lowest BCUT2D eigenvalue weighted by molar-refractivity contribution is -0.121. The zero-order valence-electron chi connectivity index (χ0n) is 15.9. The van der Waals surface area contributed by atoms with Gasteiger partial charge in [0.1, 0.15) is 11.9 Å². The fourth-order valence-corrected chi connectivity index (χ4v) is 3.58. The average Bonchev–Trinajstić information content (AvgIpc) is 3.21. The maximum absolute atomic E-state index is 12.2. The topological polar surface area (TPSA) is 119 Å². The van der Waals surface area contributed by atoms with Crippen LogP contribution in [0, 0.1) is 5.92 Å². The van der Waals surface area contributed by atoms with Gasteiger partial charge in [0.15, 0.2) is 5.82 Å². The van der Waals surface area contributed by atoms with Crippen LogP contribution in [0.25, 0.3) is 0 Å². The van der Waals surface area contributed by atoms with E-state index in [0.29, 0.717) is 18.3 Å². The first-order valence-corrected chi connectivity index (χ1v) is 9.59. The molecule has 1 saturated heterocycles. The van der Waals surface area contributed by atoms with Crippen molar-refractivity contribution in [3.8, 4) is 6.01 Å². The fourth-order valence-electron chi connectivity index (χ4n) is 3.58. The largest absolute Gasteiger partial charge is 0.460 e. The highest BCUT2D eigenvalue weighted by Crippen LogP contribution is 2.30. The summed E-state index contributed by atoms with van der Waals surface area (Å²) in [6.07, 6.45) is 7.92. The van der Waals surface area contributed by atoms with E-state index in [2.05, 4.69) is 42.8 Å². The molecule has 0 spiro atoms. The summed E-state index contributed by atoms with van der Waals surface area (Å²) in [5.74, 6) is 0.497. The van der Waals surface area contributed by atoms with Gasteiger partial charge in [-0.15, -0.1) is 5.10 Å². The van der Waals surface area contributed by atoms with Crippen molar-refractivity contribution >= 4 is 5.78 Å². The van der Waals surface area contributed by atoms with E-state index in [1.54, 1.807) is 19.3 Å². The minimum absolute atomic E-state index is 0.128. The van der Waals surface area contributed by atoms with Gasteiger partial charge in [0.25, 0.3) is 0 Å². The number of carbonyl (C=O) groups is 1. The highest BCUT2D eigenvalue weighted by atomic mass is 16.5. The van der Waals surface area contributed by atoms with Crippen molar-refractivity contribution in [1.82, 2.24) is 35.9 Å². The molecule has 0 unspecified atom stereocenters. The third kappa shape index (κ3) is 5.29. The second-order valence-corrected chi connectivity index (χ2v) is 7.04. The molecular formula is C18H27N7O2. The SMILES string of the molecule is CCC[C@H](C(C)=O)[C@H](Cc1cnc(OC2CCNCC2)nc1)c1nnn[nH]1. The van der Waals surface area contributed by atoms with Crippen molar-refractivity contribution in [2.45, 2.75) is 58.0 Å². The molecule has 0 aromatic carbocycles. The highest BCUT2D eigenvalue weighted by molar-refractivity contribution is 5.79. The number of hydrogen-bond acceptors (Lipinski definition) is 8. The van der Waals surface area contributed by atoms with Crippen LogP contribution < -0.4 is 10.1 Å². The van der Waals surface area contributed by atoms with E-state index in [0.717, 1.165) is 44.3 Å².